The molecule has 0 aliphatic carbocycles. The molecule has 0 fully saturated rings. The van der Waals surface area contributed by atoms with Crippen LogP contribution in [0.4, 0.5) is 0 Å². The second-order valence-corrected chi connectivity index (χ2v) is 6.49. The van der Waals surface area contributed by atoms with E-state index in [2.05, 4.69) is 25.7 Å². The van der Waals surface area contributed by atoms with Crippen LogP contribution in [0.2, 0.25) is 0 Å². The Kier molecular flexibility index (Phi) is 3.88. The summed E-state index contributed by atoms with van der Waals surface area (Å²) in [5.41, 5.74) is -0.105. The van der Waals surface area contributed by atoms with E-state index in [1.807, 2.05) is 34.6 Å². The van der Waals surface area contributed by atoms with Crippen molar-refractivity contribution in [2.24, 2.45) is 0 Å². The van der Waals surface area contributed by atoms with Gasteiger partial charge in [0.05, 0.1) is 11.8 Å². The van der Waals surface area contributed by atoms with Gasteiger partial charge >= 0.3 is 0 Å². The van der Waals surface area contributed by atoms with Crippen molar-refractivity contribution in [3.8, 4) is 0 Å². The fraction of sp³-hybridized carbons (Fsp3) is 0.727. The van der Waals surface area contributed by atoms with Crippen molar-refractivity contribution in [2.45, 2.75) is 57.0 Å². The maximum Gasteiger partial charge on any atom is 0.237 e. The van der Waals surface area contributed by atoms with Crippen LogP contribution >= 0.6 is 11.8 Å². The first kappa shape index (κ1) is 14.0. The maximum absolute atomic E-state index is 5.23. The van der Waals surface area contributed by atoms with Crippen LogP contribution in [0, 0.1) is 0 Å². The van der Waals surface area contributed by atoms with Crippen molar-refractivity contribution in [1.29, 1.82) is 0 Å². The summed E-state index contributed by atoms with van der Waals surface area (Å²) in [6.07, 6.45) is 0. The van der Waals surface area contributed by atoms with Gasteiger partial charge in [-0.25, -0.2) is 4.68 Å². The zero-order valence-electron chi connectivity index (χ0n) is 11.8. The van der Waals surface area contributed by atoms with Gasteiger partial charge in [-0.1, -0.05) is 37.7 Å². The lowest BCUT2D eigenvalue weighted by molar-refractivity contribution is 0.372. The molecule has 0 bridgehead atoms. The van der Waals surface area contributed by atoms with Gasteiger partial charge in [-0.05, 0) is 24.3 Å². The van der Waals surface area contributed by atoms with Crippen molar-refractivity contribution in [3.05, 3.63) is 11.7 Å². The first-order chi connectivity index (χ1) is 8.88. The molecule has 0 unspecified atom stereocenters. The number of hydrogen-bond acceptors (Lipinski definition) is 7. The molecule has 2 aromatic heterocycles. The highest BCUT2D eigenvalue weighted by molar-refractivity contribution is 7.98. The second-order valence-electron chi connectivity index (χ2n) is 5.55. The highest BCUT2D eigenvalue weighted by Crippen LogP contribution is 2.23. The Balaban J connectivity index is 2.03. The number of hydrogen-bond donors (Lipinski definition) is 0. The molecule has 2 heterocycles. The largest absolute Gasteiger partial charge is 0.338 e. The molecule has 0 aromatic carbocycles. The molecular formula is C11H18N6OS. The zero-order chi connectivity index (χ0) is 14.0. The third-order valence-electron chi connectivity index (χ3n) is 2.42. The Bertz CT molecular complexity index is 541. The third kappa shape index (κ3) is 3.31. The summed E-state index contributed by atoms with van der Waals surface area (Å²) in [7, 11) is 0. The SMILES string of the molecule is CC(C)n1nnnc1SCc1nc(C(C)(C)C)no1. The second kappa shape index (κ2) is 5.28. The molecule has 0 saturated carbocycles. The first-order valence-corrected chi connectivity index (χ1v) is 7.10. The summed E-state index contributed by atoms with van der Waals surface area (Å²) < 4.78 is 7.00. The number of rotatable bonds is 4. The van der Waals surface area contributed by atoms with Gasteiger partial charge in [0.15, 0.2) is 5.82 Å². The van der Waals surface area contributed by atoms with Gasteiger partial charge in [-0.2, -0.15) is 4.98 Å². The quantitative estimate of drug-likeness (QED) is 0.795. The normalized spacial score (nSPS) is 12.3. The molecule has 7 nitrogen and oxygen atoms in total. The van der Waals surface area contributed by atoms with Crippen molar-refractivity contribution in [3.63, 3.8) is 0 Å². The average molecular weight is 282 g/mol. The van der Waals surface area contributed by atoms with E-state index < -0.39 is 0 Å². The predicted molar refractivity (Wildman–Crippen MR) is 70.8 cm³/mol. The van der Waals surface area contributed by atoms with Gasteiger partial charge in [0.1, 0.15) is 0 Å². The number of nitrogens with zero attached hydrogens (tertiary/aromatic N) is 6. The minimum Gasteiger partial charge on any atom is -0.338 e. The molecule has 0 aliphatic heterocycles. The molecule has 104 valence electrons. The van der Waals surface area contributed by atoms with E-state index in [4.69, 9.17) is 4.52 Å². The van der Waals surface area contributed by atoms with E-state index in [0.717, 1.165) is 5.16 Å². The average Bonchev–Trinajstić information content (AvgIpc) is 2.94. The van der Waals surface area contributed by atoms with Gasteiger partial charge in [0.25, 0.3) is 0 Å². The highest BCUT2D eigenvalue weighted by atomic mass is 32.2. The smallest absolute Gasteiger partial charge is 0.237 e. The monoisotopic (exact) mass is 282 g/mol. The van der Waals surface area contributed by atoms with E-state index in [1.165, 1.54) is 11.8 Å². The van der Waals surface area contributed by atoms with E-state index >= 15 is 0 Å². The summed E-state index contributed by atoms with van der Waals surface area (Å²) in [5.74, 6) is 1.87. The van der Waals surface area contributed by atoms with E-state index in [-0.39, 0.29) is 11.5 Å². The highest BCUT2D eigenvalue weighted by Gasteiger charge is 2.21. The molecule has 0 aliphatic rings. The van der Waals surface area contributed by atoms with E-state index in [1.54, 1.807) is 4.68 Å². The summed E-state index contributed by atoms with van der Waals surface area (Å²) >= 11 is 1.49. The number of tetrazole rings is 1. The third-order valence-corrected chi connectivity index (χ3v) is 3.33. The van der Waals surface area contributed by atoms with E-state index in [9.17, 15) is 0 Å². The van der Waals surface area contributed by atoms with Crippen LogP contribution < -0.4 is 0 Å². The van der Waals surface area contributed by atoms with Gasteiger partial charge in [-0.3, -0.25) is 0 Å². The lowest BCUT2D eigenvalue weighted by Crippen LogP contribution is -2.13. The van der Waals surface area contributed by atoms with Gasteiger partial charge in [-0.15, -0.1) is 5.10 Å². The Morgan fingerprint density at radius 2 is 2.05 bits per heavy atom. The van der Waals surface area contributed by atoms with Crippen LogP contribution in [0.1, 0.15) is 52.4 Å². The Hall–Kier alpha value is -1.44. The Morgan fingerprint density at radius 1 is 1.32 bits per heavy atom. The van der Waals surface area contributed by atoms with Gasteiger partial charge < -0.3 is 4.52 Å². The molecular weight excluding hydrogens is 264 g/mol. The van der Waals surface area contributed by atoms with Crippen molar-refractivity contribution >= 4 is 11.8 Å². The zero-order valence-corrected chi connectivity index (χ0v) is 12.6. The standard InChI is InChI=1S/C11H18N6OS/c1-7(2)17-10(13-15-16-17)19-6-8-12-9(14-18-8)11(3,4)5/h7H,6H2,1-5H3. The molecule has 0 amide bonds. The molecule has 0 N–H and O–H groups in total. The molecule has 19 heavy (non-hydrogen) atoms. The van der Waals surface area contributed by atoms with Crippen LogP contribution in [0.5, 0.6) is 0 Å². The molecule has 0 spiro atoms. The summed E-state index contributed by atoms with van der Waals surface area (Å²) in [6, 6.07) is 0.227. The predicted octanol–water partition coefficient (Wildman–Crippen LogP) is 2.23. The number of thioether (sulfide) groups is 1. The minimum atomic E-state index is -0.105. The minimum absolute atomic E-state index is 0.105. The van der Waals surface area contributed by atoms with E-state index in [0.29, 0.717) is 17.5 Å². The fourth-order valence-electron chi connectivity index (χ4n) is 1.35. The van der Waals surface area contributed by atoms with Gasteiger partial charge in [0, 0.05) is 5.41 Å². The van der Waals surface area contributed by atoms with Crippen LogP contribution in [-0.4, -0.2) is 30.3 Å². The molecule has 2 rings (SSSR count). The topological polar surface area (TPSA) is 82.5 Å². The van der Waals surface area contributed by atoms with Crippen LogP contribution in [-0.2, 0) is 11.2 Å². The van der Waals surface area contributed by atoms with Crippen LogP contribution in [0.15, 0.2) is 9.68 Å². The van der Waals surface area contributed by atoms with Gasteiger partial charge in [0.2, 0.25) is 11.0 Å². The Morgan fingerprint density at radius 3 is 2.63 bits per heavy atom. The maximum atomic E-state index is 5.23. The lowest BCUT2D eigenvalue weighted by atomic mass is 9.96. The molecule has 8 heteroatoms. The molecule has 0 radical (unpaired) electrons. The Labute approximate surface area is 116 Å². The van der Waals surface area contributed by atoms with Crippen molar-refractivity contribution in [2.75, 3.05) is 0 Å². The number of aromatic nitrogens is 6. The fourth-order valence-corrected chi connectivity index (χ4v) is 2.19. The summed E-state index contributed by atoms with van der Waals surface area (Å²) in [6.45, 7) is 10.2. The lowest BCUT2D eigenvalue weighted by Gasteiger charge is -2.10. The van der Waals surface area contributed by atoms with Crippen LogP contribution in [0.25, 0.3) is 0 Å². The molecule has 2 aromatic rings. The van der Waals surface area contributed by atoms with Crippen LogP contribution in [0.3, 0.4) is 0 Å². The van der Waals surface area contributed by atoms with Crippen molar-refractivity contribution in [1.82, 2.24) is 30.3 Å². The summed E-state index contributed by atoms with van der Waals surface area (Å²) in [4.78, 5) is 4.38. The molecule has 0 saturated heterocycles. The first-order valence-electron chi connectivity index (χ1n) is 6.11. The van der Waals surface area contributed by atoms with Crippen molar-refractivity contribution < 1.29 is 4.52 Å². The molecule has 0 atom stereocenters. The summed E-state index contributed by atoms with van der Waals surface area (Å²) in [5, 5.41) is 16.3.